The number of aromatic nitrogens is 1. The lowest BCUT2D eigenvalue weighted by Gasteiger charge is -2.12. The van der Waals surface area contributed by atoms with Gasteiger partial charge in [-0.2, -0.15) is 0 Å². The van der Waals surface area contributed by atoms with Crippen molar-refractivity contribution in [3.05, 3.63) is 53.9 Å². The molecule has 142 valence electrons. The maximum atomic E-state index is 12.5. The maximum Gasteiger partial charge on any atom is 0.274 e. The first-order valence-corrected chi connectivity index (χ1v) is 9.36. The van der Waals surface area contributed by atoms with Gasteiger partial charge in [0.05, 0.1) is 6.10 Å². The first-order chi connectivity index (χ1) is 13.0. The summed E-state index contributed by atoms with van der Waals surface area (Å²) in [6, 6.07) is 10.5. The van der Waals surface area contributed by atoms with Gasteiger partial charge in [-0.25, -0.2) is 0 Å². The third kappa shape index (κ3) is 5.29. The Morgan fingerprint density at radius 2 is 1.78 bits per heavy atom. The van der Waals surface area contributed by atoms with Crippen molar-refractivity contribution in [1.82, 2.24) is 10.3 Å². The molecule has 1 heterocycles. The minimum Gasteiger partial charge on any atom is -0.491 e. The van der Waals surface area contributed by atoms with Gasteiger partial charge in [-0.3, -0.25) is 14.6 Å². The Labute approximate surface area is 159 Å². The summed E-state index contributed by atoms with van der Waals surface area (Å²) in [4.78, 5) is 28.9. The largest absolute Gasteiger partial charge is 0.491 e. The highest BCUT2D eigenvalue weighted by atomic mass is 16.5. The van der Waals surface area contributed by atoms with E-state index in [0.717, 1.165) is 31.4 Å². The molecule has 0 aliphatic heterocycles. The molecular formula is C21H25N3O3. The van der Waals surface area contributed by atoms with Gasteiger partial charge in [0.2, 0.25) is 0 Å². The van der Waals surface area contributed by atoms with Crippen LogP contribution in [-0.2, 0) is 0 Å². The molecule has 1 saturated carbocycles. The van der Waals surface area contributed by atoms with Crippen LogP contribution in [0.5, 0.6) is 5.75 Å². The molecule has 2 aromatic rings. The number of hydrogen-bond donors (Lipinski definition) is 2. The van der Waals surface area contributed by atoms with Crippen LogP contribution >= 0.6 is 0 Å². The second-order valence-corrected chi connectivity index (χ2v) is 7.03. The van der Waals surface area contributed by atoms with Crippen LogP contribution < -0.4 is 15.4 Å². The van der Waals surface area contributed by atoms with E-state index < -0.39 is 0 Å². The molecular weight excluding hydrogens is 342 g/mol. The van der Waals surface area contributed by atoms with Crippen LogP contribution in [0.1, 0.15) is 60.4 Å². The van der Waals surface area contributed by atoms with Crippen molar-refractivity contribution in [3.63, 3.8) is 0 Å². The lowest BCUT2D eigenvalue weighted by atomic mass is 10.1. The van der Waals surface area contributed by atoms with Crippen molar-refractivity contribution in [3.8, 4) is 5.75 Å². The Balaban J connectivity index is 1.63. The molecule has 3 rings (SSSR count). The molecule has 6 heteroatoms. The Bertz CT molecular complexity index is 797. The van der Waals surface area contributed by atoms with Crippen molar-refractivity contribution in [2.45, 2.75) is 51.7 Å². The topological polar surface area (TPSA) is 80.3 Å². The van der Waals surface area contributed by atoms with E-state index in [1.807, 2.05) is 13.8 Å². The summed E-state index contributed by atoms with van der Waals surface area (Å²) < 4.78 is 5.59. The van der Waals surface area contributed by atoms with Crippen LogP contribution in [0.4, 0.5) is 5.69 Å². The van der Waals surface area contributed by atoms with Crippen LogP contribution in [0.25, 0.3) is 0 Å². The van der Waals surface area contributed by atoms with Gasteiger partial charge >= 0.3 is 0 Å². The van der Waals surface area contributed by atoms with Gasteiger partial charge in [0.1, 0.15) is 11.4 Å². The van der Waals surface area contributed by atoms with Crippen molar-refractivity contribution < 1.29 is 14.3 Å². The molecule has 0 bridgehead atoms. The van der Waals surface area contributed by atoms with E-state index >= 15 is 0 Å². The molecule has 1 aromatic heterocycles. The van der Waals surface area contributed by atoms with Crippen LogP contribution in [0, 0.1) is 0 Å². The van der Waals surface area contributed by atoms with Gasteiger partial charge in [-0.05, 0) is 63.1 Å². The van der Waals surface area contributed by atoms with Gasteiger partial charge in [0.25, 0.3) is 11.8 Å². The first-order valence-electron chi connectivity index (χ1n) is 9.36. The Hall–Kier alpha value is -2.89. The minimum atomic E-state index is -0.358. The molecule has 2 N–H and O–H groups in total. The fraction of sp³-hybridized carbons (Fsp3) is 0.381. The maximum absolute atomic E-state index is 12.5. The lowest BCUT2D eigenvalue weighted by Crippen LogP contribution is -2.32. The summed E-state index contributed by atoms with van der Waals surface area (Å²) in [5, 5.41) is 5.81. The van der Waals surface area contributed by atoms with Gasteiger partial charge in [0, 0.05) is 23.5 Å². The number of nitrogens with zero attached hydrogens (tertiary/aromatic N) is 1. The molecule has 0 atom stereocenters. The summed E-state index contributed by atoms with van der Waals surface area (Å²) >= 11 is 0. The van der Waals surface area contributed by atoms with Gasteiger partial charge in [-0.15, -0.1) is 0 Å². The second kappa shape index (κ2) is 8.66. The number of hydrogen-bond acceptors (Lipinski definition) is 4. The molecule has 1 aliphatic carbocycles. The third-order valence-electron chi connectivity index (χ3n) is 4.43. The second-order valence-electron chi connectivity index (χ2n) is 7.03. The molecule has 1 aromatic carbocycles. The Morgan fingerprint density at radius 3 is 2.44 bits per heavy atom. The van der Waals surface area contributed by atoms with Gasteiger partial charge < -0.3 is 15.4 Å². The predicted octanol–water partition coefficient (Wildman–Crippen LogP) is 3.79. The monoisotopic (exact) mass is 367 g/mol. The molecule has 1 fully saturated rings. The number of carbonyl (C=O) groups is 2. The van der Waals surface area contributed by atoms with E-state index in [0.29, 0.717) is 11.3 Å². The average molecular weight is 367 g/mol. The lowest BCUT2D eigenvalue weighted by molar-refractivity contribution is 0.0937. The summed E-state index contributed by atoms with van der Waals surface area (Å²) in [5.74, 6) is 0.225. The number of carbonyl (C=O) groups excluding carboxylic acids is 2. The van der Waals surface area contributed by atoms with Gasteiger partial charge in [0.15, 0.2) is 0 Å². The van der Waals surface area contributed by atoms with Crippen LogP contribution in [0.2, 0.25) is 0 Å². The zero-order valence-corrected chi connectivity index (χ0v) is 15.7. The van der Waals surface area contributed by atoms with Crippen LogP contribution in [0.3, 0.4) is 0 Å². The summed E-state index contributed by atoms with van der Waals surface area (Å²) in [6.45, 7) is 3.91. The summed E-state index contributed by atoms with van der Waals surface area (Å²) in [5.41, 5.74) is 1.29. The minimum absolute atomic E-state index is 0.0905. The van der Waals surface area contributed by atoms with Gasteiger partial charge in [-0.1, -0.05) is 12.8 Å². The standard InChI is InChI=1S/C21H25N3O3/c1-14(2)27-18-9-7-17(8-10-18)24-21(26)19-13-15(11-12-22-19)20(25)23-16-5-3-4-6-16/h7-14,16H,3-6H2,1-2H3,(H,23,25)(H,24,26). The number of nitrogens with one attached hydrogen (secondary N) is 2. The van der Waals surface area contributed by atoms with Crippen LogP contribution in [0.15, 0.2) is 42.6 Å². The molecule has 0 unspecified atom stereocenters. The Morgan fingerprint density at radius 1 is 1.07 bits per heavy atom. The highest BCUT2D eigenvalue weighted by Gasteiger charge is 2.19. The zero-order chi connectivity index (χ0) is 19.2. The number of benzene rings is 1. The number of pyridine rings is 1. The van der Waals surface area contributed by atoms with E-state index in [1.165, 1.54) is 12.3 Å². The first kappa shape index (κ1) is 18.9. The average Bonchev–Trinajstić information content (AvgIpc) is 3.16. The van der Waals surface area contributed by atoms with E-state index in [2.05, 4.69) is 15.6 Å². The fourth-order valence-corrected chi connectivity index (χ4v) is 3.12. The summed E-state index contributed by atoms with van der Waals surface area (Å²) in [6.07, 6.45) is 5.90. The molecule has 6 nitrogen and oxygen atoms in total. The van der Waals surface area contributed by atoms with E-state index in [1.54, 1.807) is 30.3 Å². The zero-order valence-electron chi connectivity index (χ0n) is 15.7. The van der Waals surface area contributed by atoms with E-state index in [9.17, 15) is 9.59 Å². The Kier molecular flexibility index (Phi) is 6.06. The third-order valence-corrected chi connectivity index (χ3v) is 4.43. The SMILES string of the molecule is CC(C)Oc1ccc(NC(=O)c2cc(C(=O)NC3CCCC3)ccn2)cc1. The number of amides is 2. The smallest absolute Gasteiger partial charge is 0.274 e. The number of ether oxygens (including phenoxy) is 1. The molecule has 0 radical (unpaired) electrons. The van der Waals surface area contributed by atoms with Crippen molar-refractivity contribution in [2.75, 3.05) is 5.32 Å². The number of anilines is 1. The molecule has 2 amide bonds. The highest BCUT2D eigenvalue weighted by molar-refractivity contribution is 6.04. The van der Waals surface area contributed by atoms with Crippen molar-refractivity contribution >= 4 is 17.5 Å². The molecule has 1 aliphatic rings. The predicted molar refractivity (Wildman–Crippen MR) is 104 cm³/mol. The van der Waals surface area contributed by atoms with E-state index in [-0.39, 0.29) is 29.7 Å². The molecule has 27 heavy (non-hydrogen) atoms. The van der Waals surface area contributed by atoms with Crippen molar-refractivity contribution in [2.24, 2.45) is 0 Å². The quantitative estimate of drug-likeness (QED) is 0.814. The fourth-order valence-electron chi connectivity index (χ4n) is 3.12. The molecule has 0 saturated heterocycles. The summed E-state index contributed by atoms with van der Waals surface area (Å²) in [7, 11) is 0. The normalized spacial score (nSPS) is 14.2. The highest BCUT2D eigenvalue weighted by Crippen LogP contribution is 2.19. The molecule has 0 spiro atoms. The number of rotatable bonds is 6. The van der Waals surface area contributed by atoms with E-state index in [4.69, 9.17) is 4.74 Å². The van der Waals surface area contributed by atoms with Crippen LogP contribution in [-0.4, -0.2) is 28.9 Å². The van der Waals surface area contributed by atoms with Crippen molar-refractivity contribution in [1.29, 1.82) is 0 Å².